The molecule has 28 heavy (non-hydrogen) atoms. The van der Waals surface area contributed by atoms with Crippen LogP contribution < -0.4 is 5.32 Å². The third-order valence-corrected chi connectivity index (χ3v) is 6.32. The van der Waals surface area contributed by atoms with Gasteiger partial charge >= 0.3 is 6.18 Å². The fourth-order valence-corrected chi connectivity index (χ4v) is 4.48. The fourth-order valence-electron chi connectivity index (χ4n) is 2.82. The molecular formula is C15H17F4N5O2S2. The van der Waals surface area contributed by atoms with Crippen LogP contribution in [-0.4, -0.2) is 54.0 Å². The number of hydrogen-bond acceptors (Lipinski definition) is 7. The summed E-state index contributed by atoms with van der Waals surface area (Å²) in [6, 6.07) is -0.0744. The first-order chi connectivity index (χ1) is 13.2. The van der Waals surface area contributed by atoms with Crippen LogP contribution in [0.3, 0.4) is 0 Å². The van der Waals surface area contributed by atoms with E-state index in [-0.39, 0.29) is 17.0 Å². The lowest BCUT2D eigenvalue weighted by Crippen LogP contribution is -2.39. The van der Waals surface area contributed by atoms with Crippen LogP contribution in [0.15, 0.2) is 6.20 Å². The Balaban J connectivity index is 1.85. The summed E-state index contributed by atoms with van der Waals surface area (Å²) in [5.41, 5.74) is -1.81. The minimum atomic E-state index is -4.81. The molecule has 7 nitrogen and oxygen atoms in total. The smallest absolute Gasteiger partial charge is 0.389 e. The maximum atomic E-state index is 14.2. The Kier molecular flexibility index (Phi) is 6.27. The van der Waals surface area contributed by atoms with Gasteiger partial charge in [-0.15, -0.1) is 11.3 Å². The minimum Gasteiger partial charge on any atom is -0.389 e. The van der Waals surface area contributed by atoms with Gasteiger partial charge in [-0.25, -0.2) is 27.9 Å². The molecule has 0 aromatic carbocycles. The predicted octanol–water partition coefficient (Wildman–Crippen LogP) is 2.42. The van der Waals surface area contributed by atoms with Crippen LogP contribution in [0.4, 0.5) is 23.5 Å². The van der Waals surface area contributed by atoms with Crippen molar-refractivity contribution < 1.29 is 26.9 Å². The zero-order valence-electron chi connectivity index (χ0n) is 14.7. The molecule has 0 radical (unpaired) electrons. The first kappa shape index (κ1) is 21.0. The zero-order valence-corrected chi connectivity index (χ0v) is 16.3. The average Bonchev–Trinajstić information content (AvgIpc) is 3.08. The molecular weight excluding hydrogens is 422 g/mol. The minimum absolute atomic E-state index is 0.000422. The largest absolute Gasteiger partial charge is 0.434 e. The normalized spacial score (nSPS) is 17.6. The van der Waals surface area contributed by atoms with Gasteiger partial charge in [0.05, 0.1) is 28.7 Å². The number of nitrogens with one attached hydrogen (secondary N) is 1. The van der Waals surface area contributed by atoms with E-state index in [1.165, 1.54) is 0 Å². The van der Waals surface area contributed by atoms with Crippen LogP contribution >= 0.6 is 11.3 Å². The molecule has 13 heteroatoms. The topological polar surface area (TPSA) is 91.2 Å². The number of hydrogen-bond donors (Lipinski definition) is 2. The SMILES string of the molecule is CS(=O)N1CCC(Nc2ncc(F)c(-c3sc(CO)nc3C(F)(F)F)n2)CC1. The van der Waals surface area contributed by atoms with Crippen molar-refractivity contribution in [1.82, 2.24) is 19.3 Å². The van der Waals surface area contributed by atoms with Crippen LogP contribution in [0.1, 0.15) is 23.5 Å². The van der Waals surface area contributed by atoms with Crippen molar-refractivity contribution in [2.75, 3.05) is 24.7 Å². The van der Waals surface area contributed by atoms with Crippen LogP contribution in [0.2, 0.25) is 0 Å². The second-order valence-corrected chi connectivity index (χ2v) is 8.55. The zero-order chi connectivity index (χ0) is 20.5. The van der Waals surface area contributed by atoms with Gasteiger partial charge in [-0.05, 0) is 12.8 Å². The Morgan fingerprint density at radius 3 is 2.61 bits per heavy atom. The van der Waals surface area contributed by atoms with Crippen molar-refractivity contribution in [2.45, 2.75) is 31.7 Å². The summed E-state index contributed by atoms with van der Waals surface area (Å²) in [5.74, 6) is -1.01. The number of aliphatic hydroxyl groups excluding tert-OH is 1. The van der Waals surface area contributed by atoms with Gasteiger partial charge in [-0.1, -0.05) is 0 Å². The molecule has 0 aliphatic carbocycles. The second kappa shape index (κ2) is 8.35. The number of alkyl halides is 3. The molecule has 3 heterocycles. The van der Waals surface area contributed by atoms with Crippen molar-refractivity contribution in [3.63, 3.8) is 0 Å². The third kappa shape index (κ3) is 4.64. The van der Waals surface area contributed by atoms with Crippen LogP contribution in [0.5, 0.6) is 0 Å². The second-order valence-electron chi connectivity index (χ2n) is 6.10. The van der Waals surface area contributed by atoms with Crippen LogP contribution in [0.25, 0.3) is 10.6 Å². The molecule has 1 atom stereocenters. The molecule has 2 aromatic heterocycles. The van der Waals surface area contributed by atoms with Gasteiger partial charge in [0.25, 0.3) is 0 Å². The summed E-state index contributed by atoms with van der Waals surface area (Å²) in [7, 11) is -1.06. The standard InChI is InChI=1S/C15H17F4N5O2S2/c1-28(26)24-4-2-8(3-5-24)21-14-20-6-9(16)11(23-14)12-13(15(17,18)19)22-10(7-25)27-12/h6,8,25H,2-5,7H2,1H3,(H,20,21,23). The molecule has 1 fully saturated rings. The number of aromatic nitrogens is 3. The van der Waals surface area contributed by atoms with Crippen molar-refractivity contribution in [3.05, 3.63) is 22.7 Å². The van der Waals surface area contributed by atoms with Crippen molar-refractivity contribution >= 4 is 28.3 Å². The van der Waals surface area contributed by atoms with Gasteiger partial charge in [0.15, 0.2) is 11.5 Å². The summed E-state index contributed by atoms with van der Waals surface area (Å²) in [4.78, 5) is 10.6. The molecule has 1 saturated heterocycles. The van der Waals surface area contributed by atoms with E-state index in [9.17, 15) is 21.8 Å². The first-order valence-corrected chi connectivity index (χ1v) is 10.6. The lowest BCUT2D eigenvalue weighted by Gasteiger charge is -2.30. The maximum absolute atomic E-state index is 14.2. The lowest BCUT2D eigenvalue weighted by atomic mass is 10.1. The third-order valence-electron chi connectivity index (χ3n) is 4.19. The van der Waals surface area contributed by atoms with Crippen molar-refractivity contribution in [1.29, 1.82) is 0 Å². The van der Waals surface area contributed by atoms with Gasteiger partial charge in [0, 0.05) is 25.4 Å². The van der Waals surface area contributed by atoms with Gasteiger partial charge in [-0.3, -0.25) is 0 Å². The van der Waals surface area contributed by atoms with E-state index in [0.717, 1.165) is 6.20 Å². The molecule has 0 saturated carbocycles. The van der Waals surface area contributed by atoms with E-state index in [2.05, 4.69) is 20.3 Å². The molecule has 2 N–H and O–H groups in total. The Hall–Kier alpha value is -1.70. The molecule has 1 unspecified atom stereocenters. The molecule has 0 spiro atoms. The maximum Gasteiger partial charge on any atom is 0.434 e. The summed E-state index contributed by atoms with van der Waals surface area (Å²) >= 11 is 0.532. The number of nitrogens with zero attached hydrogens (tertiary/aromatic N) is 4. The van der Waals surface area contributed by atoms with E-state index < -0.39 is 45.9 Å². The van der Waals surface area contributed by atoms with Gasteiger partial charge in [-0.2, -0.15) is 13.2 Å². The number of halogens is 4. The highest BCUT2D eigenvalue weighted by Crippen LogP contribution is 2.40. The van der Waals surface area contributed by atoms with Crippen molar-refractivity contribution in [3.8, 4) is 10.6 Å². The van der Waals surface area contributed by atoms with E-state index in [1.54, 1.807) is 10.6 Å². The van der Waals surface area contributed by atoms with Gasteiger partial charge in [0.1, 0.15) is 10.7 Å². The van der Waals surface area contributed by atoms with Gasteiger partial charge < -0.3 is 10.4 Å². The number of anilines is 1. The summed E-state index contributed by atoms with van der Waals surface area (Å²) < 4.78 is 67.2. The summed E-state index contributed by atoms with van der Waals surface area (Å²) in [6.45, 7) is 0.479. The molecule has 0 bridgehead atoms. The number of rotatable bonds is 5. The molecule has 3 rings (SSSR count). The average molecular weight is 439 g/mol. The predicted molar refractivity (Wildman–Crippen MR) is 96.3 cm³/mol. The van der Waals surface area contributed by atoms with E-state index in [1.807, 2.05) is 0 Å². The Labute approximate surface area is 164 Å². The Morgan fingerprint density at radius 1 is 1.36 bits per heavy atom. The Morgan fingerprint density at radius 2 is 2.04 bits per heavy atom. The summed E-state index contributed by atoms with van der Waals surface area (Å²) in [6.07, 6.45) is -1.14. The van der Waals surface area contributed by atoms with Crippen LogP contribution in [0, 0.1) is 5.82 Å². The monoisotopic (exact) mass is 439 g/mol. The number of aliphatic hydroxyl groups is 1. The Bertz CT molecular complexity index is 869. The lowest BCUT2D eigenvalue weighted by molar-refractivity contribution is -0.140. The molecule has 1 aliphatic rings. The highest BCUT2D eigenvalue weighted by molar-refractivity contribution is 7.81. The molecule has 1 aliphatic heterocycles. The van der Waals surface area contributed by atoms with Crippen molar-refractivity contribution in [2.24, 2.45) is 0 Å². The molecule has 2 aromatic rings. The first-order valence-electron chi connectivity index (χ1n) is 8.24. The highest BCUT2D eigenvalue weighted by Gasteiger charge is 2.39. The van der Waals surface area contributed by atoms with Gasteiger partial charge in [0.2, 0.25) is 5.95 Å². The van der Waals surface area contributed by atoms with Crippen LogP contribution in [-0.2, 0) is 23.8 Å². The highest BCUT2D eigenvalue weighted by atomic mass is 32.2. The molecule has 0 amide bonds. The quantitative estimate of drug-likeness (QED) is 0.696. The van der Waals surface area contributed by atoms with E-state index in [4.69, 9.17) is 5.11 Å². The summed E-state index contributed by atoms with van der Waals surface area (Å²) in [5, 5.41) is 11.9. The number of piperidine rings is 1. The fraction of sp³-hybridized carbons (Fsp3) is 0.533. The molecule has 154 valence electrons. The van der Waals surface area contributed by atoms with E-state index in [0.29, 0.717) is 37.3 Å². The number of thiazole rings is 1. The van der Waals surface area contributed by atoms with E-state index >= 15 is 0 Å².